The lowest BCUT2D eigenvalue weighted by Gasteiger charge is -2.20. The molecule has 1 saturated heterocycles. The zero-order valence-electron chi connectivity index (χ0n) is 13.4. The number of aromatic nitrogens is 1. The molecule has 1 aromatic carbocycles. The number of nitrogens with one attached hydrogen (secondary N) is 2. The zero-order chi connectivity index (χ0) is 16.8. The summed E-state index contributed by atoms with van der Waals surface area (Å²) in [4.78, 5) is 29.8. The monoisotopic (exact) mass is 324 g/mol. The number of urea groups is 1. The SMILES string of the molecule is O=C(NCCc1cccnc1)Nc1ccccc1N1CCCC1=O. The molecule has 2 heterocycles. The van der Waals surface area contributed by atoms with E-state index in [0.29, 0.717) is 31.6 Å². The predicted octanol–water partition coefficient (Wildman–Crippen LogP) is 2.57. The van der Waals surface area contributed by atoms with Crippen molar-refractivity contribution in [2.24, 2.45) is 0 Å². The normalized spacial score (nSPS) is 13.8. The van der Waals surface area contributed by atoms with E-state index in [2.05, 4.69) is 15.6 Å². The first kappa shape index (κ1) is 16.0. The Kier molecular flexibility index (Phi) is 5.05. The van der Waals surface area contributed by atoms with Crippen LogP contribution in [0.2, 0.25) is 0 Å². The molecule has 6 nitrogen and oxygen atoms in total. The minimum Gasteiger partial charge on any atom is -0.338 e. The van der Waals surface area contributed by atoms with E-state index in [-0.39, 0.29) is 11.9 Å². The summed E-state index contributed by atoms with van der Waals surface area (Å²) in [6, 6.07) is 10.9. The van der Waals surface area contributed by atoms with Crippen LogP contribution in [0.5, 0.6) is 0 Å². The van der Waals surface area contributed by atoms with Gasteiger partial charge in [0.2, 0.25) is 5.91 Å². The van der Waals surface area contributed by atoms with Gasteiger partial charge in [0.05, 0.1) is 11.4 Å². The summed E-state index contributed by atoms with van der Waals surface area (Å²) in [5, 5.41) is 5.66. The number of anilines is 2. The van der Waals surface area contributed by atoms with Gasteiger partial charge in [0.25, 0.3) is 0 Å². The number of hydrogen-bond acceptors (Lipinski definition) is 3. The molecule has 0 atom stereocenters. The Balaban J connectivity index is 1.57. The quantitative estimate of drug-likeness (QED) is 0.887. The highest BCUT2D eigenvalue weighted by molar-refractivity contribution is 6.01. The Morgan fingerprint density at radius 1 is 1.21 bits per heavy atom. The number of para-hydroxylation sites is 2. The molecule has 2 aromatic rings. The molecule has 3 amide bonds. The van der Waals surface area contributed by atoms with Crippen LogP contribution in [0, 0.1) is 0 Å². The second kappa shape index (κ2) is 7.59. The van der Waals surface area contributed by atoms with Crippen molar-refractivity contribution >= 4 is 23.3 Å². The fourth-order valence-corrected chi connectivity index (χ4v) is 2.75. The molecule has 0 unspecified atom stereocenters. The highest BCUT2D eigenvalue weighted by atomic mass is 16.2. The molecule has 2 N–H and O–H groups in total. The van der Waals surface area contributed by atoms with Crippen LogP contribution >= 0.6 is 0 Å². The summed E-state index contributed by atoms with van der Waals surface area (Å²) in [5.41, 5.74) is 2.47. The molecule has 0 bridgehead atoms. The third-order valence-corrected chi connectivity index (χ3v) is 3.94. The number of nitrogens with zero attached hydrogens (tertiary/aromatic N) is 2. The van der Waals surface area contributed by atoms with Gasteiger partial charge in [0, 0.05) is 31.9 Å². The van der Waals surface area contributed by atoms with Crippen molar-refractivity contribution in [1.82, 2.24) is 10.3 Å². The summed E-state index contributed by atoms with van der Waals surface area (Å²) >= 11 is 0. The Morgan fingerprint density at radius 3 is 2.83 bits per heavy atom. The number of hydrogen-bond donors (Lipinski definition) is 2. The Labute approximate surface area is 140 Å². The molecule has 0 spiro atoms. The first-order chi connectivity index (χ1) is 11.7. The van der Waals surface area contributed by atoms with Crippen molar-refractivity contribution in [1.29, 1.82) is 0 Å². The van der Waals surface area contributed by atoms with E-state index in [4.69, 9.17) is 0 Å². The van der Waals surface area contributed by atoms with Gasteiger partial charge < -0.3 is 15.5 Å². The molecule has 124 valence electrons. The summed E-state index contributed by atoms with van der Waals surface area (Å²) in [7, 11) is 0. The summed E-state index contributed by atoms with van der Waals surface area (Å²) < 4.78 is 0. The highest BCUT2D eigenvalue weighted by Gasteiger charge is 2.24. The van der Waals surface area contributed by atoms with Crippen LogP contribution in [0.15, 0.2) is 48.8 Å². The van der Waals surface area contributed by atoms with Gasteiger partial charge in [-0.3, -0.25) is 9.78 Å². The third-order valence-electron chi connectivity index (χ3n) is 3.94. The molecular formula is C18H20N4O2. The number of carbonyl (C=O) groups excluding carboxylic acids is 2. The van der Waals surface area contributed by atoms with Gasteiger partial charge in [-0.1, -0.05) is 18.2 Å². The maximum atomic E-state index is 12.1. The Morgan fingerprint density at radius 2 is 2.08 bits per heavy atom. The van der Waals surface area contributed by atoms with Crippen LogP contribution in [-0.2, 0) is 11.2 Å². The van der Waals surface area contributed by atoms with Crippen LogP contribution in [0.3, 0.4) is 0 Å². The third kappa shape index (κ3) is 3.90. The van der Waals surface area contributed by atoms with Crippen molar-refractivity contribution in [3.8, 4) is 0 Å². The van der Waals surface area contributed by atoms with Crippen LogP contribution < -0.4 is 15.5 Å². The van der Waals surface area contributed by atoms with E-state index in [1.807, 2.05) is 36.4 Å². The first-order valence-corrected chi connectivity index (χ1v) is 8.07. The largest absolute Gasteiger partial charge is 0.338 e. The van der Waals surface area contributed by atoms with Crippen molar-refractivity contribution in [3.63, 3.8) is 0 Å². The average Bonchev–Trinajstić information content (AvgIpc) is 3.02. The summed E-state index contributed by atoms with van der Waals surface area (Å²) in [5.74, 6) is 0.0984. The van der Waals surface area contributed by atoms with Gasteiger partial charge in [-0.2, -0.15) is 0 Å². The fourth-order valence-electron chi connectivity index (χ4n) is 2.75. The minimum absolute atomic E-state index is 0.0984. The van der Waals surface area contributed by atoms with Crippen LogP contribution in [0.4, 0.5) is 16.2 Å². The van der Waals surface area contributed by atoms with Gasteiger partial charge in [-0.25, -0.2) is 4.79 Å². The topological polar surface area (TPSA) is 74.3 Å². The smallest absolute Gasteiger partial charge is 0.319 e. The lowest BCUT2D eigenvalue weighted by molar-refractivity contribution is -0.117. The summed E-state index contributed by atoms with van der Waals surface area (Å²) in [6.07, 6.45) is 5.64. The van der Waals surface area contributed by atoms with E-state index in [1.165, 1.54) is 0 Å². The molecule has 1 aliphatic rings. The van der Waals surface area contributed by atoms with E-state index in [0.717, 1.165) is 17.7 Å². The molecule has 3 rings (SSSR count). The van der Waals surface area contributed by atoms with Crippen molar-refractivity contribution in [2.75, 3.05) is 23.3 Å². The lowest BCUT2D eigenvalue weighted by Crippen LogP contribution is -2.32. The number of rotatable bonds is 5. The standard InChI is InChI=1S/C18H20N4O2/c23-17-8-4-12-22(17)16-7-2-1-6-15(16)21-18(24)20-11-9-14-5-3-10-19-13-14/h1-3,5-7,10,13H,4,8-9,11-12H2,(H2,20,21,24). The number of benzene rings is 1. The predicted molar refractivity (Wildman–Crippen MR) is 93.0 cm³/mol. The molecule has 24 heavy (non-hydrogen) atoms. The summed E-state index contributed by atoms with van der Waals surface area (Å²) in [6.45, 7) is 1.21. The maximum Gasteiger partial charge on any atom is 0.319 e. The van der Waals surface area contributed by atoms with E-state index < -0.39 is 0 Å². The van der Waals surface area contributed by atoms with Crippen LogP contribution in [-0.4, -0.2) is 30.0 Å². The number of carbonyl (C=O) groups is 2. The second-order valence-electron chi connectivity index (χ2n) is 5.66. The number of amides is 3. The van der Waals surface area contributed by atoms with E-state index in [9.17, 15) is 9.59 Å². The Hall–Kier alpha value is -2.89. The average molecular weight is 324 g/mol. The van der Waals surface area contributed by atoms with Gasteiger partial charge in [-0.05, 0) is 36.6 Å². The van der Waals surface area contributed by atoms with Crippen molar-refractivity contribution in [3.05, 3.63) is 54.4 Å². The van der Waals surface area contributed by atoms with E-state index >= 15 is 0 Å². The van der Waals surface area contributed by atoms with Gasteiger partial charge >= 0.3 is 6.03 Å². The van der Waals surface area contributed by atoms with Gasteiger partial charge in [-0.15, -0.1) is 0 Å². The second-order valence-corrected chi connectivity index (χ2v) is 5.66. The molecule has 0 saturated carbocycles. The molecule has 6 heteroatoms. The van der Waals surface area contributed by atoms with Gasteiger partial charge in [0.15, 0.2) is 0 Å². The lowest BCUT2D eigenvalue weighted by atomic mass is 10.2. The molecule has 0 radical (unpaired) electrons. The number of pyridine rings is 1. The van der Waals surface area contributed by atoms with Crippen LogP contribution in [0.25, 0.3) is 0 Å². The highest BCUT2D eigenvalue weighted by Crippen LogP contribution is 2.29. The maximum absolute atomic E-state index is 12.1. The van der Waals surface area contributed by atoms with Gasteiger partial charge in [0.1, 0.15) is 0 Å². The molecule has 1 aromatic heterocycles. The molecule has 1 fully saturated rings. The van der Waals surface area contributed by atoms with E-state index in [1.54, 1.807) is 17.3 Å². The minimum atomic E-state index is -0.280. The van der Waals surface area contributed by atoms with Crippen LogP contribution in [0.1, 0.15) is 18.4 Å². The first-order valence-electron chi connectivity index (χ1n) is 8.07. The van der Waals surface area contributed by atoms with Crippen molar-refractivity contribution in [2.45, 2.75) is 19.3 Å². The zero-order valence-corrected chi connectivity index (χ0v) is 13.4. The molecule has 0 aliphatic carbocycles. The Bertz CT molecular complexity index is 718. The van der Waals surface area contributed by atoms with Crippen molar-refractivity contribution < 1.29 is 9.59 Å². The molecular weight excluding hydrogens is 304 g/mol. The molecule has 1 aliphatic heterocycles. The fraction of sp³-hybridized carbons (Fsp3) is 0.278.